The predicted molar refractivity (Wildman–Crippen MR) is 172 cm³/mol. The van der Waals surface area contributed by atoms with E-state index in [2.05, 4.69) is 92.3 Å². The van der Waals surface area contributed by atoms with Gasteiger partial charge in [-0.2, -0.15) is 0 Å². The number of imidazole rings is 1. The summed E-state index contributed by atoms with van der Waals surface area (Å²) in [6, 6.07) is 6.62. The number of allylic oxidation sites excluding steroid dienone is 7. The number of aromatic amines is 1. The minimum atomic E-state index is 0.397. The number of likely N-dealkylation sites (N-methyl/N-ethyl adjacent to an activating group) is 1. The Hall–Kier alpha value is -3.18. The first kappa shape index (κ1) is 28.4. The molecule has 1 unspecified atom stereocenters. The van der Waals surface area contributed by atoms with Crippen molar-refractivity contribution in [2.75, 3.05) is 37.6 Å². The van der Waals surface area contributed by atoms with Gasteiger partial charge in [0.15, 0.2) is 0 Å². The molecule has 212 valence electrons. The summed E-state index contributed by atoms with van der Waals surface area (Å²) < 4.78 is 0. The number of dihydropyridines is 1. The van der Waals surface area contributed by atoms with Gasteiger partial charge < -0.3 is 15.2 Å². The quantitative estimate of drug-likeness (QED) is 0.319. The lowest BCUT2D eigenvalue weighted by Crippen LogP contribution is -2.29. The SMILES string of the molecule is CCNCC(/C=C(C)\C=C\C1=CCC2=NCC(CC)C(c3nc4c(N5CCCCC5)cccc4[nH]3)=C2C1)=C(C)C. The van der Waals surface area contributed by atoms with E-state index in [1.807, 2.05) is 0 Å². The smallest absolute Gasteiger partial charge is 0.135 e. The van der Waals surface area contributed by atoms with Crippen LogP contribution in [-0.4, -0.2) is 48.4 Å². The maximum absolute atomic E-state index is 5.31. The van der Waals surface area contributed by atoms with Gasteiger partial charge in [0, 0.05) is 49.8 Å². The van der Waals surface area contributed by atoms with Crippen LogP contribution in [0.2, 0.25) is 0 Å². The van der Waals surface area contributed by atoms with Crippen LogP contribution in [-0.2, 0) is 0 Å². The lowest BCUT2D eigenvalue weighted by atomic mass is 9.80. The van der Waals surface area contributed by atoms with Gasteiger partial charge in [-0.05, 0) is 88.3 Å². The zero-order valence-corrected chi connectivity index (χ0v) is 25.2. The van der Waals surface area contributed by atoms with Gasteiger partial charge in [0.25, 0.3) is 0 Å². The van der Waals surface area contributed by atoms with Crippen molar-refractivity contribution in [3.8, 4) is 0 Å². The summed E-state index contributed by atoms with van der Waals surface area (Å²) in [6.07, 6.45) is 16.0. The van der Waals surface area contributed by atoms with Crippen LogP contribution in [0.15, 0.2) is 75.4 Å². The van der Waals surface area contributed by atoms with Crippen LogP contribution in [0, 0.1) is 5.92 Å². The van der Waals surface area contributed by atoms with E-state index in [9.17, 15) is 0 Å². The molecule has 3 heterocycles. The minimum absolute atomic E-state index is 0.397. The number of para-hydroxylation sites is 1. The van der Waals surface area contributed by atoms with Crippen molar-refractivity contribution in [3.63, 3.8) is 0 Å². The molecule has 1 aromatic heterocycles. The summed E-state index contributed by atoms with van der Waals surface area (Å²) in [5.74, 6) is 1.45. The average molecular weight is 538 g/mol. The van der Waals surface area contributed by atoms with E-state index < -0.39 is 0 Å². The van der Waals surface area contributed by atoms with Crippen LogP contribution in [0.4, 0.5) is 5.69 Å². The Bertz CT molecular complexity index is 1400. The van der Waals surface area contributed by atoms with Gasteiger partial charge in [-0.15, -0.1) is 0 Å². The Morgan fingerprint density at radius 2 is 1.95 bits per heavy atom. The number of nitrogens with one attached hydrogen (secondary N) is 2. The molecule has 0 spiro atoms. The first-order valence-corrected chi connectivity index (χ1v) is 15.4. The molecule has 40 heavy (non-hydrogen) atoms. The normalized spacial score (nSPS) is 20.2. The number of fused-ring (bicyclic) bond motifs is 2. The van der Waals surface area contributed by atoms with Crippen molar-refractivity contribution in [3.05, 3.63) is 76.2 Å². The molecule has 2 aromatic rings. The molecule has 1 aromatic carbocycles. The molecular weight excluding hydrogens is 490 g/mol. The van der Waals surface area contributed by atoms with Crippen molar-refractivity contribution < 1.29 is 0 Å². The highest BCUT2D eigenvalue weighted by Crippen LogP contribution is 2.39. The van der Waals surface area contributed by atoms with Crippen LogP contribution < -0.4 is 10.2 Å². The Balaban J connectivity index is 1.46. The van der Waals surface area contributed by atoms with E-state index >= 15 is 0 Å². The van der Waals surface area contributed by atoms with E-state index in [4.69, 9.17) is 9.98 Å². The van der Waals surface area contributed by atoms with Crippen molar-refractivity contribution in [2.45, 2.75) is 73.1 Å². The van der Waals surface area contributed by atoms with Gasteiger partial charge in [-0.1, -0.05) is 55.4 Å². The number of hydrogen-bond acceptors (Lipinski definition) is 4. The largest absolute Gasteiger partial charge is 0.370 e. The third kappa shape index (κ3) is 6.25. The molecule has 0 radical (unpaired) electrons. The summed E-state index contributed by atoms with van der Waals surface area (Å²) in [7, 11) is 0. The molecule has 1 fully saturated rings. The lowest BCUT2D eigenvalue weighted by molar-refractivity contribution is 0.579. The number of nitrogens with zero attached hydrogens (tertiary/aromatic N) is 3. The van der Waals surface area contributed by atoms with E-state index in [0.717, 1.165) is 68.8 Å². The number of hydrogen-bond donors (Lipinski definition) is 2. The second-order valence-electron chi connectivity index (χ2n) is 11.8. The van der Waals surface area contributed by atoms with E-state index in [0.29, 0.717) is 5.92 Å². The second-order valence-corrected chi connectivity index (χ2v) is 11.8. The molecule has 1 saturated heterocycles. The number of piperidine rings is 1. The Labute approximate surface area is 240 Å². The van der Waals surface area contributed by atoms with Crippen LogP contribution in [0.25, 0.3) is 16.6 Å². The zero-order chi connectivity index (χ0) is 28.1. The van der Waals surface area contributed by atoms with E-state index in [1.54, 1.807) is 0 Å². The zero-order valence-electron chi connectivity index (χ0n) is 25.2. The summed E-state index contributed by atoms with van der Waals surface area (Å²) >= 11 is 0. The lowest BCUT2D eigenvalue weighted by Gasteiger charge is -2.29. The number of H-pyrrole nitrogens is 1. The maximum Gasteiger partial charge on any atom is 0.135 e. The van der Waals surface area contributed by atoms with E-state index in [-0.39, 0.29) is 0 Å². The highest BCUT2D eigenvalue weighted by Gasteiger charge is 2.30. The molecule has 0 amide bonds. The fourth-order valence-corrected chi connectivity index (χ4v) is 6.22. The summed E-state index contributed by atoms with van der Waals surface area (Å²) in [4.78, 5) is 16.6. The van der Waals surface area contributed by atoms with Crippen LogP contribution in [0.3, 0.4) is 0 Å². The standard InChI is InChI=1S/C35H47N5/c1-6-27-23-37-30-17-16-26(15-14-25(5)20-28(24(3)4)22-36-7-2)21-29(30)33(27)35-38-31-12-11-13-32(34(31)39-35)40-18-9-8-10-19-40/h11-16,20,27,36H,6-10,17-19,21-23H2,1-5H3,(H,38,39)/b15-14+,25-20-. The molecule has 0 saturated carbocycles. The Kier molecular flexibility index (Phi) is 9.21. The molecule has 2 aliphatic heterocycles. The third-order valence-corrected chi connectivity index (χ3v) is 8.63. The van der Waals surface area contributed by atoms with Gasteiger partial charge in [0.2, 0.25) is 0 Å². The third-order valence-electron chi connectivity index (χ3n) is 8.63. The van der Waals surface area contributed by atoms with Gasteiger partial charge in [-0.3, -0.25) is 4.99 Å². The van der Waals surface area contributed by atoms with Crippen molar-refractivity contribution in [1.82, 2.24) is 15.3 Å². The van der Waals surface area contributed by atoms with Crippen molar-refractivity contribution >= 4 is 28.0 Å². The van der Waals surface area contributed by atoms with Gasteiger partial charge in [-0.25, -0.2) is 4.98 Å². The highest BCUT2D eigenvalue weighted by atomic mass is 15.1. The maximum atomic E-state index is 5.31. The van der Waals surface area contributed by atoms with E-state index in [1.165, 1.54) is 64.1 Å². The molecule has 3 aliphatic rings. The molecule has 2 N–H and O–H groups in total. The Morgan fingerprint density at radius 1 is 1.12 bits per heavy atom. The monoisotopic (exact) mass is 537 g/mol. The predicted octanol–water partition coefficient (Wildman–Crippen LogP) is 7.96. The first-order valence-electron chi connectivity index (χ1n) is 15.4. The molecule has 0 bridgehead atoms. The topological polar surface area (TPSA) is 56.3 Å². The van der Waals surface area contributed by atoms with Crippen molar-refractivity contribution in [1.29, 1.82) is 0 Å². The van der Waals surface area contributed by atoms with Gasteiger partial charge >= 0.3 is 0 Å². The number of aliphatic imine (C=N–C) groups is 1. The number of rotatable bonds is 9. The molecule has 1 aliphatic carbocycles. The molecular formula is C35H47N5. The molecule has 5 rings (SSSR count). The van der Waals surface area contributed by atoms with Crippen molar-refractivity contribution in [2.24, 2.45) is 10.9 Å². The summed E-state index contributed by atoms with van der Waals surface area (Å²) in [5.41, 5.74) is 12.9. The van der Waals surface area contributed by atoms with Gasteiger partial charge in [0.1, 0.15) is 11.3 Å². The number of anilines is 1. The van der Waals surface area contributed by atoms with Crippen LogP contribution >= 0.6 is 0 Å². The molecule has 5 nitrogen and oxygen atoms in total. The fraction of sp³-hybridized carbons (Fsp3) is 0.486. The Morgan fingerprint density at radius 3 is 2.70 bits per heavy atom. The second kappa shape index (κ2) is 13.0. The minimum Gasteiger partial charge on any atom is -0.370 e. The first-order chi connectivity index (χ1) is 19.5. The summed E-state index contributed by atoms with van der Waals surface area (Å²) in [6.45, 7) is 16.0. The molecule has 1 atom stereocenters. The average Bonchev–Trinajstić information content (AvgIpc) is 3.41. The fourth-order valence-electron chi connectivity index (χ4n) is 6.22. The number of aromatic nitrogens is 2. The van der Waals surface area contributed by atoms with Crippen LogP contribution in [0.5, 0.6) is 0 Å². The highest BCUT2D eigenvalue weighted by molar-refractivity contribution is 6.09. The number of benzene rings is 1. The van der Waals surface area contributed by atoms with Crippen LogP contribution in [0.1, 0.15) is 79.0 Å². The van der Waals surface area contributed by atoms with Gasteiger partial charge in [0.05, 0.1) is 11.2 Å². The summed E-state index contributed by atoms with van der Waals surface area (Å²) in [5, 5.41) is 3.46. The molecule has 5 heteroatoms.